The molecule has 0 aliphatic heterocycles. The smallest absolute Gasteiger partial charge is 0.0302 e. The molecule has 58 valence electrons. The lowest BCUT2D eigenvalue weighted by molar-refractivity contribution is 1.49. The number of benzene rings is 1. The van der Waals surface area contributed by atoms with E-state index in [-0.39, 0.29) is 24.8 Å². The molecule has 1 aromatic rings. The normalized spacial score (nSPS) is 7.40. The molecule has 0 heterocycles. The second kappa shape index (κ2) is 5.97. The molecule has 0 nitrogen and oxygen atoms in total. The largest absolute Gasteiger partial charge is 0.147 e. The molecule has 1 aromatic carbocycles. The summed E-state index contributed by atoms with van der Waals surface area (Å²) in [7, 11) is 2.65. The second-order valence-electron chi connectivity index (χ2n) is 1.91. The highest BCUT2D eigenvalue weighted by molar-refractivity contribution is 7.27. The minimum atomic E-state index is 0. The number of rotatable bonds is 0. The van der Waals surface area contributed by atoms with Gasteiger partial charge in [0.15, 0.2) is 0 Å². The van der Waals surface area contributed by atoms with Crippen LogP contribution >= 0.6 is 34.1 Å². The lowest BCUT2D eigenvalue weighted by Gasteiger charge is -1.89. The molecule has 0 fully saturated rings. The van der Waals surface area contributed by atoms with E-state index in [1.807, 2.05) is 0 Å². The first kappa shape index (κ1) is 12.9. The third kappa shape index (κ3) is 4.11. The lowest BCUT2D eigenvalue weighted by Crippen LogP contribution is -1.85. The number of aryl methyl sites for hydroxylation is 1. The standard InChI is InChI=1S/C7H9P.2ClH/c1-6-2-4-7(8)5-3-6;;/h2-5H,8H2,1H3;2*1H. The van der Waals surface area contributed by atoms with Gasteiger partial charge in [0.05, 0.1) is 0 Å². The Kier molecular flexibility index (Phi) is 7.69. The molecule has 1 rings (SSSR count). The third-order valence-electron chi connectivity index (χ3n) is 1.08. The Morgan fingerprint density at radius 2 is 1.40 bits per heavy atom. The van der Waals surface area contributed by atoms with Gasteiger partial charge in [-0.1, -0.05) is 29.8 Å². The molecule has 0 aliphatic rings. The Morgan fingerprint density at radius 3 is 1.70 bits per heavy atom. The van der Waals surface area contributed by atoms with E-state index < -0.39 is 0 Å². The monoisotopic (exact) mass is 196 g/mol. The molecular weight excluding hydrogens is 186 g/mol. The minimum absolute atomic E-state index is 0. The molecule has 0 radical (unpaired) electrons. The molecule has 0 spiro atoms. The molecule has 0 saturated carbocycles. The first-order chi connectivity index (χ1) is 3.79. The average molecular weight is 197 g/mol. The molecule has 3 heteroatoms. The molecule has 0 amide bonds. The van der Waals surface area contributed by atoms with Gasteiger partial charge in [-0.15, -0.1) is 34.1 Å². The average Bonchev–Trinajstić information content (AvgIpc) is 1.77. The van der Waals surface area contributed by atoms with E-state index in [1.165, 1.54) is 10.9 Å². The van der Waals surface area contributed by atoms with Gasteiger partial charge in [0.25, 0.3) is 0 Å². The molecular formula is C7H11Cl2P. The molecule has 1 atom stereocenters. The van der Waals surface area contributed by atoms with Crippen LogP contribution in [0.25, 0.3) is 0 Å². The van der Waals surface area contributed by atoms with E-state index in [9.17, 15) is 0 Å². The van der Waals surface area contributed by atoms with Crippen LogP contribution in [0.5, 0.6) is 0 Å². The molecule has 0 bridgehead atoms. The highest BCUT2D eigenvalue weighted by Crippen LogP contribution is 1.94. The van der Waals surface area contributed by atoms with Gasteiger partial charge < -0.3 is 0 Å². The molecule has 0 aromatic heterocycles. The summed E-state index contributed by atoms with van der Waals surface area (Å²) in [6, 6.07) is 8.37. The van der Waals surface area contributed by atoms with Crippen molar-refractivity contribution in [2.24, 2.45) is 0 Å². The number of hydrogen-bond acceptors (Lipinski definition) is 0. The minimum Gasteiger partial charge on any atom is -0.147 e. The van der Waals surface area contributed by atoms with E-state index in [1.54, 1.807) is 0 Å². The highest BCUT2D eigenvalue weighted by atomic mass is 35.5. The molecule has 0 N–H and O–H groups in total. The van der Waals surface area contributed by atoms with Crippen molar-refractivity contribution >= 4 is 39.4 Å². The highest BCUT2D eigenvalue weighted by Gasteiger charge is 1.79. The van der Waals surface area contributed by atoms with Crippen LogP contribution in [0.15, 0.2) is 24.3 Å². The van der Waals surface area contributed by atoms with Crippen molar-refractivity contribution < 1.29 is 0 Å². The summed E-state index contributed by atoms with van der Waals surface area (Å²) in [6.45, 7) is 2.09. The first-order valence-corrected chi connectivity index (χ1v) is 3.19. The predicted molar refractivity (Wildman–Crippen MR) is 55.0 cm³/mol. The SMILES string of the molecule is Cc1ccc(P)cc1.Cl.Cl. The summed E-state index contributed by atoms with van der Waals surface area (Å²) in [5, 5.41) is 1.25. The van der Waals surface area contributed by atoms with Crippen LogP contribution in [0.2, 0.25) is 0 Å². The quantitative estimate of drug-likeness (QED) is 0.560. The van der Waals surface area contributed by atoms with Crippen LogP contribution in [0.4, 0.5) is 0 Å². The zero-order valence-electron chi connectivity index (χ0n) is 5.70. The molecule has 0 saturated heterocycles. The maximum Gasteiger partial charge on any atom is -0.0302 e. The van der Waals surface area contributed by atoms with E-state index in [0.29, 0.717) is 0 Å². The van der Waals surface area contributed by atoms with Crippen LogP contribution < -0.4 is 5.30 Å². The van der Waals surface area contributed by atoms with Crippen LogP contribution in [-0.2, 0) is 0 Å². The van der Waals surface area contributed by atoms with E-state index in [4.69, 9.17) is 0 Å². The summed E-state index contributed by atoms with van der Waals surface area (Å²) < 4.78 is 0. The lowest BCUT2D eigenvalue weighted by atomic mass is 10.2. The van der Waals surface area contributed by atoms with Crippen molar-refractivity contribution in [3.63, 3.8) is 0 Å². The van der Waals surface area contributed by atoms with Crippen molar-refractivity contribution in [2.45, 2.75) is 6.92 Å². The number of halogens is 2. The van der Waals surface area contributed by atoms with Crippen LogP contribution in [0.3, 0.4) is 0 Å². The maximum absolute atomic E-state index is 2.65. The van der Waals surface area contributed by atoms with E-state index in [2.05, 4.69) is 40.4 Å². The van der Waals surface area contributed by atoms with Gasteiger partial charge in [-0.25, -0.2) is 0 Å². The van der Waals surface area contributed by atoms with Crippen molar-refractivity contribution in [3.8, 4) is 0 Å². The van der Waals surface area contributed by atoms with Gasteiger partial charge in [0.1, 0.15) is 0 Å². The van der Waals surface area contributed by atoms with E-state index in [0.717, 1.165) is 0 Å². The Balaban J connectivity index is 0. The van der Waals surface area contributed by atoms with Crippen LogP contribution in [-0.4, -0.2) is 0 Å². The van der Waals surface area contributed by atoms with Crippen LogP contribution in [0, 0.1) is 6.92 Å². The van der Waals surface area contributed by atoms with Gasteiger partial charge in [-0.05, 0) is 12.2 Å². The maximum atomic E-state index is 2.65. The zero-order valence-corrected chi connectivity index (χ0v) is 8.49. The number of hydrogen-bond donors (Lipinski definition) is 0. The summed E-state index contributed by atoms with van der Waals surface area (Å²) in [5.41, 5.74) is 1.32. The Bertz CT molecular complexity index is 150. The predicted octanol–water partition coefficient (Wildman–Crippen LogP) is 2.34. The Hall–Kier alpha value is 0.230. The Morgan fingerprint density at radius 1 is 1.00 bits per heavy atom. The van der Waals surface area contributed by atoms with Gasteiger partial charge >= 0.3 is 0 Å². The summed E-state index contributed by atoms with van der Waals surface area (Å²) in [4.78, 5) is 0. The summed E-state index contributed by atoms with van der Waals surface area (Å²) >= 11 is 0. The Labute approximate surface area is 76.4 Å². The fourth-order valence-corrected chi connectivity index (χ4v) is 0.759. The van der Waals surface area contributed by atoms with E-state index >= 15 is 0 Å². The molecule has 1 unspecified atom stereocenters. The summed E-state index contributed by atoms with van der Waals surface area (Å²) in [5.74, 6) is 0. The fourth-order valence-electron chi connectivity index (χ4n) is 0.566. The molecule has 10 heavy (non-hydrogen) atoms. The van der Waals surface area contributed by atoms with Crippen molar-refractivity contribution in [3.05, 3.63) is 29.8 Å². The topological polar surface area (TPSA) is 0 Å². The fraction of sp³-hybridized carbons (Fsp3) is 0.143. The van der Waals surface area contributed by atoms with Gasteiger partial charge in [-0.2, -0.15) is 0 Å². The van der Waals surface area contributed by atoms with Crippen molar-refractivity contribution in [2.75, 3.05) is 0 Å². The van der Waals surface area contributed by atoms with Crippen molar-refractivity contribution in [1.82, 2.24) is 0 Å². The first-order valence-electron chi connectivity index (χ1n) is 2.61. The van der Waals surface area contributed by atoms with Crippen LogP contribution in [0.1, 0.15) is 5.56 Å². The van der Waals surface area contributed by atoms with Gasteiger partial charge in [0, 0.05) is 0 Å². The van der Waals surface area contributed by atoms with Gasteiger partial charge in [-0.3, -0.25) is 0 Å². The summed E-state index contributed by atoms with van der Waals surface area (Å²) in [6.07, 6.45) is 0. The zero-order chi connectivity index (χ0) is 5.98. The van der Waals surface area contributed by atoms with Gasteiger partial charge in [0.2, 0.25) is 0 Å². The third-order valence-corrected chi connectivity index (χ3v) is 1.46. The second-order valence-corrected chi connectivity index (χ2v) is 2.58. The molecule has 0 aliphatic carbocycles. The van der Waals surface area contributed by atoms with Crippen molar-refractivity contribution in [1.29, 1.82) is 0 Å².